The largest absolute Gasteiger partial charge is 0.480 e. The molecule has 1 fully saturated rings. The van der Waals surface area contributed by atoms with Crippen LogP contribution in [0, 0.1) is 5.92 Å². The zero-order chi connectivity index (χ0) is 12.5. The number of likely N-dealkylation sites (tertiary alicyclic amines) is 1. The molecule has 6 heteroatoms. The Bertz CT molecular complexity index is 293. The second-order valence-electron chi connectivity index (χ2n) is 4.50. The third-order valence-corrected chi connectivity index (χ3v) is 2.85. The average molecular weight is 230 g/mol. The summed E-state index contributed by atoms with van der Waals surface area (Å²) in [6.45, 7) is 3.64. The minimum absolute atomic E-state index is 0.0518. The van der Waals surface area contributed by atoms with Crippen LogP contribution in [0.4, 0.5) is 0 Å². The summed E-state index contributed by atoms with van der Waals surface area (Å²) >= 11 is 0. The van der Waals surface area contributed by atoms with Gasteiger partial charge in [-0.1, -0.05) is 13.8 Å². The molecular weight excluding hydrogens is 212 g/mol. The van der Waals surface area contributed by atoms with Crippen molar-refractivity contribution in [3.05, 3.63) is 0 Å². The van der Waals surface area contributed by atoms with Crippen LogP contribution in [-0.2, 0) is 9.59 Å². The van der Waals surface area contributed by atoms with E-state index in [9.17, 15) is 14.7 Å². The number of nitrogens with zero attached hydrogens (tertiary/aromatic N) is 1. The molecule has 0 bridgehead atoms. The number of hydrogen-bond acceptors (Lipinski definition) is 4. The van der Waals surface area contributed by atoms with Crippen LogP contribution >= 0.6 is 0 Å². The van der Waals surface area contributed by atoms with Gasteiger partial charge in [0.25, 0.3) is 0 Å². The van der Waals surface area contributed by atoms with E-state index >= 15 is 0 Å². The summed E-state index contributed by atoms with van der Waals surface area (Å²) < 4.78 is 0. The lowest BCUT2D eigenvalue weighted by molar-refractivity contribution is -0.149. The van der Waals surface area contributed by atoms with Crippen LogP contribution in [0.25, 0.3) is 0 Å². The topological polar surface area (TPSA) is 104 Å². The molecule has 1 aliphatic rings. The Balaban J connectivity index is 2.78. The fraction of sp³-hybridized carbons (Fsp3) is 0.800. The normalized spacial score (nSPS) is 27.2. The van der Waals surface area contributed by atoms with Gasteiger partial charge in [0.2, 0.25) is 5.91 Å². The van der Waals surface area contributed by atoms with Crippen LogP contribution in [0.3, 0.4) is 0 Å². The van der Waals surface area contributed by atoms with Crippen LogP contribution in [0.1, 0.15) is 20.3 Å². The Morgan fingerprint density at radius 2 is 2.00 bits per heavy atom. The highest BCUT2D eigenvalue weighted by molar-refractivity contribution is 5.87. The van der Waals surface area contributed by atoms with E-state index in [-0.39, 0.29) is 18.9 Å². The molecule has 0 saturated carbocycles. The number of aliphatic hydroxyl groups excluding tert-OH is 1. The Labute approximate surface area is 94.0 Å². The fourth-order valence-electron chi connectivity index (χ4n) is 1.77. The summed E-state index contributed by atoms with van der Waals surface area (Å²) in [6.07, 6.45) is -0.698. The first-order valence-electron chi connectivity index (χ1n) is 5.31. The van der Waals surface area contributed by atoms with Gasteiger partial charge in [0.1, 0.15) is 6.04 Å². The average Bonchev–Trinajstić information content (AvgIpc) is 2.58. The predicted octanol–water partition coefficient (Wildman–Crippen LogP) is -0.984. The Kier molecular flexibility index (Phi) is 3.88. The maximum Gasteiger partial charge on any atom is 0.326 e. The number of amides is 1. The maximum atomic E-state index is 11.9. The molecule has 0 aromatic heterocycles. The van der Waals surface area contributed by atoms with Crippen molar-refractivity contribution in [2.75, 3.05) is 6.54 Å². The Hall–Kier alpha value is -1.14. The van der Waals surface area contributed by atoms with Crippen LogP contribution < -0.4 is 5.73 Å². The van der Waals surface area contributed by atoms with Crippen LogP contribution in [0.15, 0.2) is 0 Å². The summed E-state index contributed by atoms with van der Waals surface area (Å²) in [5.74, 6) is -1.56. The van der Waals surface area contributed by atoms with Gasteiger partial charge in [-0.2, -0.15) is 0 Å². The van der Waals surface area contributed by atoms with Gasteiger partial charge in [0.15, 0.2) is 0 Å². The SMILES string of the molecule is CC(C)[C@H](N)C(=O)N1CC(O)C[C@H]1C(=O)O. The van der Waals surface area contributed by atoms with E-state index in [4.69, 9.17) is 10.8 Å². The van der Waals surface area contributed by atoms with Gasteiger partial charge in [-0.05, 0) is 5.92 Å². The molecule has 0 spiro atoms. The first-order chi connectivity index (χ1) is 7.34. The van der Waals surface area contributed by atoms with Crippen LogP contribution in [-0.4, -0.2) is 51.7 Å². The summed E-state index contributed by atoms with van der Waals surface area (Å²) in [5, 5.41) is 18.3. The molecule has 4 N–H and O–H groups in total. The molecule has 1 unspecified atom stereocenters. The lowest BCUT2D eigenvalue weighted by atomic mass is 10.0. The lowest BCUT2D eigenvalue weighted by Gasteiger charge is -2.26. The van der Waals surface area contributed by atoms with E-state index in [1.54, 1.807) is 13.8 Å². The number of aliphatic hydroxyl groups is 1. The van der Waals surface area contributed by atoms with Crippen molar-refractivity contribution in [1.29, 1.82) is 0 Å². The highest BCUT2D eigenvalue weighted by atomic mass is 16.4. The molecular formula is C10H18N2O4. The van der Waals surface area contributed by atoms with E-state index in [0.29, 0.717) is 0 Å². The summed E-state index contributed by atoms with van der Waals surface area (Å²) in [5.41, 5.74) is 5.68. The quantitative estimate of drug-likeness (QED) is 0.578. The number of carboxylic acid groups (broad SMARTS) is 1. The van der Waals surface area contributed by atoms with Gasteiger partial charge in [-0.15, -0.1) is 0 Å². The number of aliphatic carboxylic acids is 1. The first-order valence-corrected chi connectivity index (χ1v) is 5.31. The number of carboxylic acids is 1. The third kappa shape index (κ3) is 2.51. The van der Waals surface area contributed by atoms with Crippen LogP contribution in [0.2, 0.25) is 0 Å². The molecule has 16 heavy (non-hydrogen) atoms. The van der Waals surface area contributed by atoms with E-state index in [1.807, 2.05) is 0 Å². The van der Waals surface area contributed by atoms with Crippen molar-refractivity contribution in [2.45, 2.75) is 38.5 Å². The van der Waals surface area contributed by atoms with Gasteiger partial charge in [-0.3, -0.25) is 4.79 Å². The summed E-state index contributed by atoms with van der Waals surface area (Å²) in [6, 6.07) is -1.67. The molecule has 92 valence electrons. The van der Waals surface area contributed by atoms with Crippen molar-refractivity contribution in [3.8, 4) is 0 Å². The van der Waals surface area contributed by atoms with Crippen molar-refractivity contribution >= 4 is 11.9 Å². The zero-order valence-corrected chi connectivity index (χ0v) is 9.46. The van der Waals surface area contributed by atoms with Crippen molar-refractivity contribution in [2.24, 2.45) is 11.7 Å². The van der Waals surface area contributed by atoms with Gasteiger partial charge in [0.05, 0.1) is 12.1 Å². The standard InChI is InChI=1S/C10H18N2O4/c1-5(2)8(11)9(14)12-4-6(13)3-7(12)10(15)16/h5-8,13H,3-4,11H2,1-2H3,(H,15,16)/t6?,7-,8-/m0/s1. The number of hydrogen-bond donors (Lipinski definition) is 3. The first kappa shape index (κ1) is 12.9. The van der Waals surface area contributed by atoms with Gasteiger partial charge >= 0.3 is 5.97 Å². The lowest BCUT2D eigenvalue weighted by Crippen LogP contribution is -2.50. The monoisotopic (exact) mass is 230 g/mol. The molecule has 6 nitrogen and oxygen atoms in total. The molecule has 3 atom stereocenters. The van der Waals surface area contributed by atoms with E-state index in [1.165, 1.54) is 0 Å². The number of nitrogens with two attached hydrogens (primary N) is 1. The summed E-state index contributed by atoms with van der Waals surface area (Å²) in [7, 11) is 0. The van der Waals surface area contributed by atoms with E-state index < -0.39 is 30.1 Å². The maximum absolute atomic E-state index is 11.9. The second-order valence-corrected chi connectivity index (χ2v) is 4.50. The molecule has 0 radical (unpaired) electrons. The third-order valence-electron chi connectivity index (χ3n) is 2.85. The van der Waals surface area contributed by atoms with Gasteiger partial charge in [0, 0.05) is 13.0 Å². The molecule has 0 aliphatic carbocycles. The minimum atomic E-state index is -1.10. The minimum Gasteiger partial charge on any atom is -0.480 e. The van der Waals surface area contributed by atoms with Gasteiger partial charge < -0.3 is 20.8 Å². The smallest absolute Gasteiger partial charge is 0.326 e. The Morgan fingerprint density at radius 3 is 2.44 bits per heavy atom. The zero-order valence-electron chi connectivity index (χ0n) is 9.46. The highest BCUT2D eigenvalue weighted by Crippen LogP contribution is 2.20. The van der Waals surface area contributed by atoms with Crippen molar-refractivity contribution in [1.82, 2.24) is 4.90 Å². The number of carbonyl (C=O) groups is 2. The number of carbonyl (C=O) groups excluding carboxylic acids is 1. The molecule has 1 amide bonds. The fourth-order valence-corrected chi connectivity index (χ4v) is 1.77. The number of β-amino-alcohol motifs (C(OH)–C–C–N with tert-alkyl or cyclic N) is 1. The Morgan fingerprint density at radius 1 is 1.44 bits per heavy atom. The molecule has 1 aliphatic heterocycles. The van der Waals surface area contributed by atoms with E-state index in [2.05, 4.69) is 0 Å². The molecule has 0 aromatic carbocycles. The molecule has 1 heterocycles. The second kappa shape index (κ2) is 4.80. The van der Waals surface area contributed by atoms with Crippen molar-refractivity contribution < 1.29 is 19.8 Å². The molecule has 0 aromatic rings. The number of rotatable bonds is 3. The van der Waals surface area contributed by atoms with Crippen LogP contribution in [0.5, 0.6) is 0 Å². The van der Waals surface area contributed by atoms with Crippen molar-refractivity contribution in [3.63, 3.8) is 0 Å². The molecule has 1 rings (SSSR count). The summed E-state index contributed by atoms with van der Waals surface area (Å²) in [4.78, 5) is 23.9. The highest BCUT2D eigenvalue weighted by Gasteiger charge is 2.40. The predicted molar refractivity (Wildman–Crippen MR) is 56.6 cm³/mol. The van der Waals surface area contributed by atoms with E-state index in [0.717, 1.165) is 4.90 Å². The molecule has 1 saturated heterocycles. The van der Waals surface area contributed by atoms with Gasteiger partial charge in [-0.25, -0.2) is 4.79 Å².